The zero-order valence-electron chi connectivity index (χ0n) is 16.8. The number of hydrogen-bond donors (Lipinski definition) is 0. The van der Waals surface area contributed by atoms with Crippen molar-refractivity contribution in [2.45, 2.75) is 64.0 Å². The average Bonchev–Trinajstić information content (AvgIpc) is 2.73. The molecule has 0 spiro atoms. The monoisotopic (exact) mass is 378 g/mol. The van der Waals surface area contributed by atoms with Gasteiger partial charge in [-0.1, -0.05) is 86.0 Å². The minimum atomic E-state index is -2.20. The van der Waals surface area contributed by atoms with Gasteiger partial charge in [0, 0.05) is 6.10 Å². The van der Waals surface area contributed by atoms with Gasteiger partial charge in [-0.05, 0) is 54.9 Å². The number of hydrogen-bond acceptors (Lipinski definition) is 1. The second kappa shape index (κ2) is 10.1. The van der Waals surface area contributed by atoms with Crippen LogP contribution in [-0.2, 0) is 4.43 Å². The zero-order valence-corrected chi connectivity index (χ0v) is 17.8. The van der Waals surface area contributed by atoms with Gasteiger partial charge in [-0.2, -0.15) is 0 Å². The SMILES string of the molecule is C=CCCCC[C@@H]1CCCC[C@H]1O[Si](C)(c1ccccc1)c1ccccc1. The van der Waals surface area contributed by atoms with Crippen molar-refractivity contribution in [2.75, 3.05) is 0 Å². The number of unbranched alkanes of at least 4 members (excludes halogenated alkanes) is 2. The molecule has 1 saturated carbocycles. The third-order valence-corrected chi connectivity index (χ3v) is 9.75. The molecular formula is C25H34OSi. The predicted octanol–water partition coefficient (Wildman–Crippen LogP) is 5.70. The molecule has 2 aromatic carbocycles. The molecule has 27 heavy (non-hydrogen) atoms. The van der Waals surface area contributed by atoms with E-state index in [9.17, 15) is 0 Å². The maximum atomic E-state index is 7.14. The van der Waals surface area contributed by atoms with Crippen LogP contribution in [0.2, 0.25) is 6.55 Å². The summed E-state index contributed by atoms with van der Waals surface area (Å²) in [6.45, 7) is 6.25. The number of allylic oxidation sites excluding steroid dienone is 1. The Morgan fingerprint density at radius 2 is 1.52 bits per heavy atom. The van der Waals surface area contributed by atoms with E-state index in [4.69, 9.17) is 4.43 Å². The minimum absolute atomic E-state index is 0.402. The fourth-order valence-corrected chi connectivity index (χ4v) is 7.65. The van der Waals surface area contributed by atoms with Crippen LogP contribution in [0.25, 0.3) is 0 Å². The van der Waals surface area contributed by atoms with Gasteiger partial charge in [-0.15, -0.1) is 6.58 Å². The smallest absolute Gasteiger partial charge is 0.253 e. The molecule has 0 aliphatic heterocycles. The van der Waals surface area contributed by atoms with Crippen LogP contribution in [0, 0.1) is 5.92 Å². The fourth-order valence-electron chi connectivity index (χ4n) is 4.47. The van der Waals surface area contributed by atoms with Crippen molar-refractivity contribution in [1.82, 2.24) is 0 Å². The Morgan fingerprint density at radius 1 is 0.926 bits per heavy atom. The fraction of sp³-hybridized carbons (Fsp3) is 0.440. The normalized spacial score (nSPS) is 20.3. The Balaban J connectivity index is 1.81. The van der Waals surface area contributed by atoms with Crippen molar-refractivity contribution in [3.63, 3.8) is 0 Å². The second-order valence-electron chi connectivity index (χ2n) is 8.04. The van der Waals surface area contributed by atoms with Crippen molar-refractivity contribution < 1.29 is 4.43 Å². The molecule has 0 radical (unpaired) electrons. The molecule has 1 fully saturated rings. The van der Waals surface area contributed by atoms with Gasteiger partial charge in [0.1, 0.15) is 0 Å². The molecule has 144 valence electrons. The van der Waals surface area contributed by atoms with E-state index in [-0.39, 0.29) is 0 Å². The maximum absolute atomic E-state index is 7.14. The van der Waals surface area contributed by atoms with E-state index in [1.165, 1.54) is 55.3 Å². The topological polar surface area (TPSA) is 9.23 Å². The van der Waals surface area contributed by atoms with Crippen LogP contribution in [0.5, 0.6) is 0 Å². The first-order valence-corrected chi connectivity index (χ1v) is 13.0. The summed E-state index contributed by atoms with van der Waals surface area (Å²) in [5, 5.41) is 2.76. The highest BCUT2D eigenvalue weighted by molar-refractivity contribution is 6.96. The summed E-state index contributed by atoms with van der Waals surface area (Å²) in [5.41, 5.74) is 0. The van der Waals surface area contributed by atoms with Gasteiger partial charge in [-0.3, -0.25) is 0 Å². The molecule has 0 N–H and O–H groups in total. The van der Waals surface area contributed by atoms with Crippen LogP contribution < -0.4 is 10.4 Å². The minimum Gasteiger partial charge on any atom is -0.405 e. The van der Waals surface area contributed by atoms with Crippen molar-refractivity contribution in [3.05, 3.63) is 73.3 Å². The predicted molar refractivity (Wildman–Crippen MR) is 119 cm³/mol. The molecule has 1 nitrogen and oxygen atoms in total. The first-order valence-electron chi connectivity index (χ1n) is 10.6. The summed E-state index contributed by atoms with van der Waals surface area (Å²) in [6.07, 6.45) is 12.7. The Morgan fingerprint density at radius 3 is 2.11 bits per heavy atom. The molecular weight excluding hydrogens is 344 g/mol. The highest BCUT2D eigenvalue weighted by Gasteiger charge is 2.39. The lowest BCUT2D eigenvalue weighted by atomic mass is 9.83. The molecule has 2 atom stereocenters. The molecule has 3 rings (SSSR count). The molecule has 0 amide bonds. The molecule has 0 unspecified atom stereocenters. The van der Waals surface area contributed by atoms with Crippen LogP contribution in [0.15, 0.2) is 73.3 Å². The summed E-state index contributed by atoms with van der Waals surface area (Å²) in [6, 6.07) is 21.9. The summed E-state index contributed by atoms with van der Waals surface area (Å²) >= 11 is 0. The number of benzene rings is 2. The average molecular weight is 379 g/mol. The van der Waals surface area contributed by atoms with Gasteiger partial charge in [0.15, 0.2) is 0 Å². The Kier molecular flexibility index (Phi) is 7.48. The van der Waals surface area contributed by atoms with E-state index in [0.717, 1.165) is 6.42 Å². The first kappa shape index (κ1) is 20.1. The molecule has 0 heterocycles. The molecule has 0 aromatic heterocycles. The lowest BCUT2D eigenvalue weighted by Gasteiger charge is -2.39. The van der Waals surface area contributed by atoms with Crippen LogP contribution in [-0.4, -0.2) is 14.4 Å². The highest BCUT2D eigenvalue weighted by atomic mass is 28.4. The third kappa shape index (κ3) is 5.21. The van der Waals surface area contributed by atoms with E-state index in [0.29, 0.717) is 12.0 Å². The summed E-state index contributed by atoms with van der Waals surface area (Å²) < 4.78 is 7.14. The van der Waals surface area contributed by atoms with E-state index in [1.54, 1.807) is 0 Å². The molecule has 2 heteroatoms. The lowest BCUT2D eigenvalue weighted by Crippen LogP contribution is -2.60. The van der Waals surface area contributed by atoms with Crippen LogP contribution in [0.4, 0.5) is 0 Å². The van der Waals surface area contributed by atoms with Crippen molar-refractivity contribution in [1.29, 1.82) is 0 Å². The van der Waals surface area contributed by atoms with Gasteiger partial charge >= 0.3 is 0 Å². The van der Waals surface area contributed by atoms with E-state index < -0.39 is 8.32 Å². The van der Waals surface area contributed by atoms with Crippen LogP contribution in [0.3, 0.4) is 0 Å². The largest absolute Gasteiger partial charge is 0.405 e. The Bertz CT molecular complexity index is 642. The summed E-state index contributed by atoms with van der Waals surface area (Å²) in [5.74, 6) is 0.711. The first-order chi connectivity index (χ1) is 13.2. The van der Waals surface area contributed by atoms with Crippen LogP contribution >= 0.6 is 0 Å². The van der Waals surface area contributed by atoms with Crippen molar-refractivity contribution in [2.24, 2.45) is 5.92 Å². The van der Waals surface area contributed by atoms with Gasteiger partial charge in [0.2, 0.25) is 0 Å². The van der Waals surface area contributed by atoms with Gasteiger partial charge in [0.05, 0.1) is 0 Å². The van der Waals surface area contributed by atoms with Gasteiger partial charge in [-0.25, -0.2) is 0 Å². The van der Waals surface area contributed by atoms with Crippen LogP contribution in [0.1, 0.15) is 51.4 Å². The zero-order chi connectivity index (χ0) is 19.0. The van der Waals surface area contributed by atoms with Gasteiger partial charge in [0.25, 0.3) is 8.32 Å². The quantitative estimate of drug-likeness (QED) is 0.309. The summed E-state index contributed by atoms with van der Waals surface area (Å²) in [7, 11) is -2.20. The molecule has 0 saturated heterocycles. The highest BCUT2D eigenvalue weighted by Crippen LogP contribution is 2.32. The van der Waals surface area contributed by atoms with E-state index in [2.05, 4.69) is 73.8 Å². The summed E-state index contributed by atoms with van der Waals surface area (Å²) in [4.78, 5) is 0. The second-order valence-corrected chi connectivity index (χ2v) is 11.5. The Labute approximate surface area is 166 Å². The molecule has 1 aliphatic carbocycles. The van der Waals surface area contributed by atoms with Crippen molar-refractivity contribution in [3.8, 4) is 0 Å². The van der Waals surface area contributed by atoms with Crippen molar-refractivity contribution >= 4 is 18.7 Å². The third-order valence-electron chi connectivity index (χ3n) is 6.11. The lowest BCUT2D eigenvalue weighted by molar-refractivity contribution is 0.0830. The molecule has 0 bridgehead atoms. The standard InChI is InChI=1S/C25H34OSi/c1-3-4-5-8-15-22-16-13-14-21-25(22)26-27(2,23-17-9-6-10-18-23)24-19-11-7-12-20-24/h3,6-7,9-12,17-20,22,25H,1,4-5,8,13-16,21H2,2H3/t22-,25-/m1/s1. The van der Waals surface area contributed by atoms with E-state index in [1.807, 2.05) is 6.08 Å². The Hall–Kier alpha value is -1.64. The molecule has 1 aliphatic rings. The molecule has 2 aromatic rings. The number of rotatable bonds is 9. The van der Waals surface area contributed by atoms with E-state index >= 15 is 0 Å². The maximum Gasteiger partial charge on any atom is 0.253 e. The van der Waals surface area contributed by atoms with Gasteiger partial charge < -0.3 is 4.43 Å².